The fourth-order valence-corrected chi connectivity index (χ4v) is 3.83. The topological polar surface area (TPSA) is 89.7 Å². The van der Waals surface area contributed by atoms with E-state index >= 15 is 0 Å². The molecule has 0 bridgehead atoms. The number of rotatable bonds is 6. The molecule has 0 radical (unpaired) electrons. The highest BCUT2D eigenvalue weighted by molar-refractivity contribution is 7.89. The molecular formula is C10H20N2O4S. The van der Waals surface area contributed by atoms with Crippen LogP contribution in [0.5, 0.6) is 0 Å². The zero-order chi connectivity index (χ0) is 12.9. The third kappa shape index (κ3) is 3.93. The van der Waals surface area contributed by atoms with Crippen molar-refractivity contribution in [1.82, 2.24) is 4.31 Å². The molecule has 2 N–H and O–H groups in total. The van der Waals surface area contributed by atoms with Crippen LogP contribution in [0.2, 0.25) is 0 Å². The van der Waals surface area contributed by atoms with Gasteiger partial charge in [-0.1, -0.05) is 0 Å². The molecule has 1 saturated heterocycles. The lowest BCUT2D eigenvalue weighted by atomic mass is 10.2. The number of ether oxygens (including phenoxy) is 1. The van der Waals surface area contributed by atoms with Crippen LogP contribution >= 0.6 is 0 Å². The van der Waals surface area contributed by atoms with Crippen molar-refractivity contribution in [2.24, 2.45) is 5.73 Å². The summed E-state index contributed by atoms with van der Waals surface area (Å²) in [6, 6.07) is -0.0712. The van der Waals surface area contributed by atoms with E-state index in [1.807, 2.05) is 0 Å². The van der Waals surface area contributed by atoms with Crippen molar-refractivity contribution in [3.63, 3.8) is 0 Å². The van der Waals surface area contributed by atoms with Gasteiger partial charge in [0.15, 0.2) is 0 Å². The number of carbonyl (C=O) groups is 1. The molecular weight excluding hydrogens is 244 g/mol. The van der Waals surface area contributed by atoms with Crippen LogP contribution in [0.4, 0.5) is 0 Å². The Labute approximate surface area is 102 Å². The number of hydrogen-bond acceptors (Lipinski definition) is 5. The van der Waals surface area contributed by atoms with Crippen molar-refractivity contribution in [2.45, 2.75) is 31.7 Å². The average Bonchev–Trinajstić information content (AvgIpc) is 2.77. The van der Waals surface area contributed by atoms with Gasteiger partial charge in [-0.3, -0.25) is 4.79 Å². The maximum atomic E-state index is 12.0. The van der Waals surface area contributed by atoms with Crippen molar-refractivity contribution in [2.75, 3.05) is 26.0 Å². The second kappa shape index (κ2) is 6.32. The van der Waals surface area contributed by atoms with E-state index in [9.17, 15) is 13.2 Å². The molecule has 7 heteroatoms. The van der Waals surface area contributed by atoms with Gasteiger partial charge >= 0.3 is 5.97 Å². The van der Waals surface area contributed by atoms with Crippen LogP contribution < -0.4 is 5.73 Å². The standard InChI is InChI=1S/C10H20N2O4S/c1-16-10(13)5-3-7-17(14,15)12-6-2-4-9(12)8-11/h9H,2-8,11H2,1H3. The second-order valence-corrected chi connectivity index (χ2v) is 6.18. The number of sulfonamides is 1. The Morgan fingerprint density at radius 1 is 1.53 bits per heavy atom. The predicted molar refractivity (Wildman–Crippen MR) is 63.8 cm³/mol. The maximum Gasteiger partial charge on any atom is 0.305 e. The molecule has 0 spiro atoms. The first kappa shape index (κ1) is 14.4. The lowest BCUT2D eigenvalue weighted by molar-refractivity contribution is -0.140. The van der Waals surface area contributed by atoms with Gasteiger partial charge < -0.3 is 10.5 Å². The SMILES string of the molecule is COC(=O)CCCS(=O)(=O)N1CCCC1CN. The Morgan fingerprint density at radius 3 is 2.82 bits per heavy atom. The van der Waals surface area contributed by atoms with Crippen LogP contribution in [-0.2, 0) is 19.6 Å². The van der Waals surface area contributed by atoms with Gasteiger partial charge in [0.25, 0.3) is 0 Å². The van der Waals surface area contributed by atoms with E-state index in [0.29, 0.717) is 19.5 Å². The first-order valence-electron chi connectivity index (χ1n) is 5.77. The Balaban J connectivity index is 2.48. The third-order valence-corrected chi connectivity index (χ3v) is 4.96. The van der Waals surface area contributed by atoms with Crippen molar-refractivity contribution in [3.8, 4) is 0 Å². The first-order valence-corrected chi connectivity index (χ1v) is 7.38. The zero-order valence-corrected chi connectivity index (χ0v) is 10.9. The molecule has 6 nitrogen and oxygen atoms in total. The fourth-order valence-electron chi connectivity index (χ4n) is 2.03. The lowest BCUT2D eigenvalue weighted by Gasteiger charge is -2.22. The summed E-state index contributed by atoms with van der Waals surface area (Å²) in [4.78, 5) is 10.9. The summed E-state index contributed by atoms with van der Waals surface area (Å²) < 4.78 is 29.9. The fraction of sp³-hybridized carbons (Fsp3) is 0.900. The summed E-state index contributed by atoms with van der Waals surface area (Å²) >= 11 is 0. The third-order valence-electron chi connectivity index (χ3n) is 2.96. The Hall–Kier alpha value is -0.660. The van der Waals surface area contributed by atoms with E-state index in [-0.39, 0.29) is 24.2 Å². The van der Waals surface area contributed by atoms with Gasteiger partial charge in [-0.2, -0.15) is 4.31 Å². The summed E-state index contributed by atoms with van der Waals surface area (Å²) in [7, 11) is -1.99. The molecule has 0 saturated carbocycles. The number of methoxy groups -OCH3 is 1. The van der Waals surface area contributed by atoms with Crippen molar-refractivity contribution in [3.05, 3.63) is 0 Å². The van der Waals surface area contributed by atoms with Gasteiger partial charge in [-0.15, -0.1) is 0 Å². The van der Waals surface area contributed by atoms with Gasteiger partial charge in [-0.25, -0.2) is 8.42 Å². The van der Waals surface area contributed by atoms with Crippen molar-refractivity contribution < 1.29 is 17.9 Å². The molecule has 0 amide bonds. The molecule has 100 valence electrons. The number of nitrogens with zero attached hydrogens (tertiary/aromatic N) is 1. The van der Waals surface area contributed by atoms with E-state index in [1.54, 1.807) is 0 Å². The minimum atomic E-state index is -3.28. The van der Waals surface area contributed by atoms with Crippen molar-refractivity contribution >= 4 is 16.0 Å². The van der Waals surface area contributed by atoms with E-state index in [4.69, 9.17) is 5.73 Å². The minimum Gasteiger partial charge on any atom is -0.469 e. The molecule has 1 atom stereocenters. The normalized spacial score (nSPS) is 21.6. The molecule has 0 aliphatic carbocycles. The molecule has 17 heavy (non-hydrogen) atoms. The van der Waals surface area contributed by atoms with E-state index in [2.05, 4.69) is 4.74 Å². The molecule has 1 heterocycles. The maximum absolute atomic E-state index is 12.0. The van der Waals surface area contributed by atoms with Gasteiger partial charge in [-0.05, 0) is 19.3 Å². The largest absolute Gasteiger partial charge is 0.469 e. The Bertz CT molecular complexity index is 355. The highest BCUT2D eigenvalue weighted by Gasteiger charge is 2.32. The summed E-state index contributed by atoms with van der Waals surface area (Å²) in [6.45, 7) is 0.901. The number of hydrogen-bond donors (Lipinski definition) is 1. The molecule has 1 rings (SSSR count). The number of carbonyl (C=O) groups excluding carboxylic acids is 1. The van der Waals surface area contributed by atoms with Crippen LogP contribution in [0.25, 0.3) is 0 Å². The lowest BCUT2D eigenvalue weighted by Crippen LogP contribution is -2.41. The molecule has 0 aromatic rings. The molecule has 1 fully saturated rings. The van der Waals surface area contributed by atoms with Crippen LogP contribution in [0.1, 0.15) is 25.7 Å². The Morgan fingerprint density at radius 2 is 2.24 bits per heavy atom. The van der Waals surface area contributed by atoms with Crippen LogP contribution in [0.3, 0.4) is 0 Å². The zero-order valence-electron chi connectivity index (χ0n) is 10.1. The summed E-state index contributed by atoms with van der Waals surface area (Å²) in [5, 5.41) is 0. The van der Waals surface area contributed by atoms with E-state index < -0.39 is 10.0 Å². The summed E-state index contributed by atoms with van der Waals surface area (Å²) in [6.07, 6.45) is 2.12. The molecule has 0 aromatic heterocycles. The monoisotopic (exact) mass is 264 g/mol. The predicted octanol–water partition coefficient (Wildman–Crippen LogP) is -0.307. The van der Waals surface area contributed by atoms with Gasteiger partial charge in [0.1, 0.15) is 0 Å². The minimum absolute atomic E-state index is 0.0153. The van der Waals surface area contributed by atoms with Crippen LogP contribution in [-0.4, -0.2) is 50.7 Å². The molecule has 1 unspecified atom stereocenters. The van der Waals surface area contributed by atoms with E-state index in [0.717, 1.165) is 12.8 Å². The Kier molecular flexibility index (Phi) is 5.35. The van der Waals surface area contributed by atoms with Crippen LogP contribution in [0.15, 0.2) is 0 Å². The van der Waals surface area contributed by atoms with Crippen LogP contribution in [0, 0.1) is 0 Å². The number of nitrogens with two attached hydrogens (primary N) is 1. The second-order valence-electron chi connectivity index (χ2n) is 4.14. The highest BCUT2D eigenvalue weighted by atomic mass is 32.2. The summed E-state index contributed by atoms with van der Waals surface area (Å²) in [5.74, 6) is -0.393. The van der Waals surface area contributed by atoms with Gasteiger partial charge in [0.2, 0.25) is 10.0 Å². The quantitative estimate of drug-likeness (QED) is 0.665. The number of esters is 1. The highest BCUT2D eigenvalue weighted by Crippen LogP contribution is 2.21. The van der Waals surface area contributed by atoms with Gasteiger partial charge in [0.05, 0.1) is 12.9 Å². The average molecular weight is 264 g/mol. The molecule has 1 aliphatic rings. The first-order chi connectivity index (χ1) is 8.01. The molecule has 0 aromatic carbocycles. The molecule has 1 aliphatic heterocycles. The van der Waals surface area contributed by atoms with E-state index in [1.165, 1.54) is 11.4 Å². The summed E-state index contributed by atoms with van der Waals surface area (Å²) in [5.41, 5.74) is 5.54. The van der Waals surface area contributed by atoms with Gasteiger partial charge in [0, 0.05) is 25.6 Å². The van der Waals surface area contributed by atoms with Crippen molar-refractivity contribution in [1.29, 1.82) is 0 Å². The smallest absolute Gasteiger partial charge is 0.305 e.